The Bertz CT molecular complexity index is 964. The molecule has 1 N–H and O–H groups in total. The van der Waals surface area contributed by atoms with Crippen molar-refractivity contribution in [1.29, 1.82) is 0 Å². The van der Waals surface area contributed by atoms with Crippen LogP contribution in [0.5, 0.6) is 5.75 Å². The Morgan fingerprint density at radius 1 is 1.06 bits per heavy atom. The first kappa shape index (κ1) is 21.4. The fraction of sp³-hybridized carbons (Fsp3) is 0.500. The first-order valence-electron chi connectivity index (χ1n) is 11.6. The van der Waals surface area contributed by atoms with Crippen LogP contribution in [-0.4, -0.2) is 29.9 Å². The summed E-state index contributed by atoms with van der Waals surface area (Å²) in [7, 11) is 0. The minimum absolute atomic E-state index is 0.0302. The van der Waals surface area contributed by atoms with Gasteiger partial charge in [0.25, 0.3) is 0 Å². The Morgan fingerprint density at radius 3 is 2.53 bits per heavy atom. The molecule has 0 aromatic heterocycles. The number of hydrogen-bond donors (Lipinski definition) is 1. The first-order chi connectivity index (χ1) is 15.4. The van der Waals surface area contributed by atoms with Crippen LogP contribution in [0.2, 0.25) is 0 Å². The molecule has 170 valence electrons. The van der Waals surface area contributed by atoms with Gasteiger partial charge in [-0.2, -0.15) is 0 Å². The Morgan fingerprint density at radius 2 is 1.81 bits per heavy atom. The van der Waals surface area contributed by atoms with Crippen LogP contribution in [0.15, 0.2) is 42.5 Å². The third-order valence-electron chi connectivity index (χ3n) is 6.77. The molecule has 0 bridgehead atoms. The Kier molecular flexibility index (Phi) is 5.89. The smallest absolute Gasteiger partial charge is 0.248 e. The maximum absolute atomic E-state index is 13.0. The number of nitrogens with one attached hydrogen (secondary N) is 1. The SMILES string of the molecule is O=C(NCc1ccc(CN2CCc3cc(OCC4CC(F)(F)C4)ccc3C2)cc1)C1CC1. The molecule has 0 spiro atoms. The van der Waals surface area contributed by atoms with E-state index in [9.17, 15) is 13.6 Å². The number of carbonyl (C=O) groups is 1. The highest BCUT2D eigenvalue weighted by Crippen LogP contribution is 2.42. The van der Waals surface area contributed by atoms with E-state index in [-0.39, 0.29) is 30.6 Å². The molecule has 1 amide bonds. The van der Waals surface area contributed by atoms with Gasteiger partial charge in [0.15, 0.2) is 0 Å². The second-order valence-electron chi connectivity index (χ2n) is 9.64. The summed E-state index contributed by atoms with van der Waals surface area (Å²) in [6, 6.07) is 14.6. The second-order valence-corrected chi connectivity index (χ2v) is 9.64. The zero-order valence-corrected chi connectivity index (χ0v) is 18.3. The third kappa shape index (κ3) is 5.29. The van der Waals surface area contributed by atoms with Crippen LogP contribution in [0.4, 0.5) is 8.78 Å². The molecule has 3 aliphatic rings. The minimum atomic E-state index is -2.49. The normalized spacial score (nSPS) is 20.3. The van der Waals surface area contributed by atoms with Gasteiger partial charge in [0, 0.05) is 50.9 Å². The van der Waals surface area contributed by atoms with Crippen LogP contribution >= 0.6 is 0 Å². The van der Waals surface area contributed by atoms with E-state index in [1.807, 2.05) is 6.07 Å². The molecule has 2 aromatic carbocycles. The maximum atomic E-state index is 13.0. The zero-order chi connectivity index (χ0) is 22.1. The van der Waals surface area contributed by atoms with Gasteiger partial charge in [-0.1, -0.05) is 30.3 Å². The number of ether oxygens (including phenoxy) is 1. The Labute approximate surface area is 187 Å². The van der Waals surface area contributed by atoms with Crippen LogP contribution in [0.3, 0.4) is 0 Å². The van der Waals surface area contributed by atoms with E-state index < -0.39 is 5.92 Å². The fourth-order valence-electron chi connectivity index (χ4n) is 4.63. The molecule has 0 atom stereocenters. The Hall–Kier alpha value is -2.47. The molecule has 1 heterocycles. The Balaban J connectivity index is 1.10. The predicted molar refractivity (Wildman–Crippen MR) is 118 cm³/mol. The summed E-state index contributed by atoms with van der Waals surface area (Å²) in [6.45, 7) is 3.73. The van der Waals surface area contributed by atoms with Crippen molar-refractivity contribution in [2.45, 2.75) is 57.7 Å². The van der Waals surface area contributed by atoms with E-state index in [0.717, 1.165) is 50.2 Å². The van der Waals surface area contributed by atoms with Crippen LogP contribution in [0.1, 0.15) is 47.9 Å². The van der Waals surface area contributed by atoms with Crippen molar-refractivity contribution >= 4 is 5.91 Å². The average Bonchev–Trinajstić information content (AvgIpc) is 3.61. The number of alkyl halides is 2. The van der Waals surface area contributed by atoms with E-state index in [0.29, 0.717) is 13.2 Å². The van der Waals surface area contributed by atoms with Crippen molar-refractivity contribution in [2.24, 2.45) is 11.8 Å². The van der Waals surface area contributed by atoms with E-state index in [4.69, 9.17) is 4.74 Å². The average molecular weight is 441 g/mol. The largest absolute Gasteiger partial charge is 0.493 e. The molecule has 0 radical (unpaired) electrons. The van der Waals surface area contributed by atoms with Crippen molar-refractivity contribution < 1.29 is 18.3 Å². The lowest BCUT2D eigenvalue weighted by atomic mass is 9.82. The molecule has 2 saturated carbocycles. The number of amides is 1. The van der Waals surface area contributed by atoms with Crippen molar-refractivity contribution in [3.8, 4) is 5.75 Å². The van der Waals surface area contributed by atoms with Crippen molar-refractivity contribution in [1.82, 2.24) is 10.2 Å². The standard InChI is InChI=1S/C26H30F2N2O2/c27-26(28)12-20(13-26)17-32-24-8-7-23-16-30(10-9-22(23)11-24)15-19-3-1-18(2-4-19)14-29-25(31)21-5-6-21/h1-4,7-8,11,20-21H,5-6,9-10,12-17H2,(H,29,31). The molecule has 2 aliphatic carbocycles. The van der Waals surface area contributed by atoms with E-state index in [1.165, 1.54) is 16.7 Å². The zero-order valence-electron chi connectivity index (χ0n) is 18.3. The molecular formula is C26H30F2N2O2. The molecule has 6 heteroatoms. The van der Waals surface area contributed by atoms with Gasteiger partial charge in [-0.15, -0.1) is 0 Å². The summed E-state index contributed by atoms with van der Waals surface area (Å²) >= 11 is 0. The molecule has 0 saturated heterocycles. The van der Waals surface area contributed by atoms with E-state index in [2.05, 4.69) is 46.6 Å². The van der Waals surface area contributed by atoms with Gasteiger partial charge < -0.3 is 10.1 Å². The van der Waals surface area contributed by atoms with Crippen LogP contribution in [-0.2, 0) is 30.8 Å². The van der Waals surface area contributed by atoms with Gasteiger partial charge >= 0.3 is 0 Å². The molecular weight excluding hydrogens is 410 g/mol. The summed E-state index contributed by atoms with van der Waals surface area (Å²) in [4.78, 5) is 14.2. The van der Waals surface area contributed by atoms with Gasteiger partial charge in [-0.25, -0.2) is 8.78 Å². The highest BCUT2D eigenvalue weighted by atomic mass is 19.3. The lowest BCUT2D eigenvalue weighted by molar-refractivity contribution is -0.122. The van der Waals surface area contributed by atoms with Gasteiger partial charge in [-0.3, -0.25) is 9.69 Å². The number of halogens is 2. The summed E-state index contributed by atoms with van der Waals surface area (Å²) in [5.41, 5.74) is 4.99. The van der Waals surface area contributed by atoms with Crippen molar-refractivity contribution in [3.05, 3.63) is 64.7 Å². The first-order valence-corrected chi connectivity index (χ1v) is 11.6. The highest BCUT2D eigenvalue weighted by molar-refractivity contribution is 5.80. The van der Waals surface area contributed by atoms with Crippen molar-refractivity contribution in [2.75, 3.05) is 13.2 Å². The van der Waals surface area contributed by atoms with Gasteiger partial charge in [0.2, 0.25) is 11.8 Å². The van der Waals surface area contributed by atoms with Gasteiger partial charge in [0.1, 0.15) is 5.75 Å². The summed E-state index contributed by atoms with van der Waals surface area (Å²) < 4.78 is 31.7. The number of fused-ring (bicyclic) bond motifs is 1. The lowest BCUT2D eigenvalue weighted by Gasteiger charge is -2.34. The number of carbonyl (C=O) groups excluding carboxylic acids is 1. The molecule has 1 aliphatic heterocycles. The summed E-state index contributed by atoms with van der Waals surface area (Å²) in [5, 5.41) is 3.01. The molecule has 4 nitrogen and oxygen atoms in total. The topological polar surface area (TPSA) is 41.6 Å². The van der Waals surface area contributed by atoms with Crippen LogP contribution in [0.25, 0.3) is 0 Å². The molecule has 2 fully saturated rings. The minimum Gasteiger partial charge on any atom is -0.493 e. The lowest BCUT2D eigenvalue weighted by Crippen LogP contribution is -2.38. The number of nitrogens with zero attached hydrogens (tertiary/aromatic N) is 1. The number of benzene rings is 2. The fourth-order valence-corrected chi connectivity index (χ4v) is 4.63. The molecule has 5 rings (SSSR count). The van der Waals surface area contributed by atoms with E-state index in [1.54, 1.807) is 0 Å². The van der Waals surface area contributed by atoms with Crippen molar-refractivity contribution in [3.63, 3.8) is 0 Å². The highest BCUT2D eigenvalue weighted by Gasteiger charge is 2.45. The maximum Gasteiger partial charge on any atom is 0.248 e. The summed E-state index contributed by atoms with van der Waals surface area (Å²) in [5.74, 6) is -1.30. The predicted octanol–water partition coefficient (Wildman–Crippen LogP) is 4.70. The van der Waals surface area contributed by atoms with Crippen LogP contribution in [0, 0.1) is 11.8 Å². The molecule has 32 heavy (non-hydrogen) atoms. The number of hydrogen-bond acceptors (Lipinski definition) is 3. The van der Waals surface area contributed by atoms with Crippen LogP contribution < -0.4 is 10.1 Å². The summed E-state index contributed by atoms with van der Waals surface area (Å²) in [6.07, 6.45) is 2.91. The van der Waals surface area contributed by atoms with Gasteiger partial charge in [-0.05, 0) is 53.6 Å². The second kappa shape index (κ2) is 8.81. The molecule has 0 unspecified atom stereocenters. The molecule has 2 aromatic rings. The number of rotatable bonds is 8. The van der Waals surface area contributed by atoms with E-state index >= 15 is 0 Å². The third-order valence-corrected chi connectivity index (χ3v) is 6.77. The monoisotopic (exact) mass is 440 g/mol. The van der Waals surface area contributed by atoms with Gasteiger partial charge in [0.05, 0.1) is 6.61 Å². The quantitative estimate of drug-likeness (QED) is 0.647.